The highest BCUT2D eigenvalue weighted by molar-refractivity contribution is 7.92. The molecule has 6 nitrogen and oxygen atoms in total. The normalized spacial score (nSPS) is 11.0. The van der Waals surface area contributed by atoms with E-state index >= 15 is 0 Å². The van der Waals surface area contributed by atoms with E-state index in [0.717, 1.165) is 11.1 Å². The van der Waals surface area contributed by atoms with Crippen LogP contribution in [-0.4, -0.2) is 20.9 Å². The molecule has 1 amide bonds. The summed E-state index contributed by atoms with van der Waals surface area (Å²) in [5.41, 5.74) is 2.93. The number of amides is 1. The van der Waals surface area contributed by atoms with Gasteiger partial charge in [0.2, 0.25) is 0 Å². The van der Waals surface area contributed by atoms with E-state index in [1.165, 1.54) is 24.3 Å². The molecule has 0 aliphatic rings. The average molecular weight is 445 g/mol. The highest BCUT2D eigenvalue weighted by Crippen LogP contribution is 2.21. The first-order valence-electron chi connectivity index (χ1n) is 9.11. The number of aryl methyl sites for hydroxylation is 2. The minimum absolute atomic E-state index is 0.0950. The maximum Gasteiger partial charge on any atom is 0.262 e. The van der Waals surface area contributed by atoms with Crippen LogP contribution in [0.3, 0.4) is 0 Å². The van der Waals surface area contributed by atoms with Crippen LogP contribution < -0.4 is 14.8 Å². The van der Waals surface area contributed by atoms with Gasteiger partial charge in [0.1, 0.15) is 5.75 Å². The minimum Gasteiger partial charge on any atom is -0.484 e. The molecule has 0 heterocycles. The molecule has 0 bridgehead atoms. The van der Waals surface area contributed by atoms with Gasteiger partial charge in [-0.1, -0.05) is 23.7 Å². The van der Waals surface area contributed by atoms with Crippen LogP contribution in [-0.2, 0) is 14.8 Å². The van der Waals surface area contributed by atoms with Crippen LogP contribution in [0, 0.1) is 13.8 Å². The lowest BCUT2D eigenvalue weighted by atomic mass is 10.2. The molecule has 0 radical (unpaired) electrons. The van der Waals surface area contributed by atoms with Gasteiger partial charge in [-0.2, -0.15) is 0 Å². The predicted molar refractivity (Wildman–Crippen MR) is 119 cm³/mol. The fourth-order valence-electron chi connectivity index (χ4n) is 2.74. The van der Waals surface area contributed by atoms with Crippen LogP contribution in [0.25, 0.3) is 0 Å². The Morgan fingerprint density at radius 1 is 1.00 bits per heavy atom. The number of carbonyl (C=O) groups excluding carboxylic acids is 1. The predicted octanol–water partition coefficient (Wildman–Crippen LogP) is 4.78. The number of sulfonamides is 1. The SMILES string of the molecule is Cc1cccc(NS(=O)(=O)c2ccc(OCC(=O)Nc3ccc(Cl)cc3C)cc2)c1. The van der Waals surface area contributed by atoms with E-state index in [2.05, 4.69) is 10.0 Å². The van der Waals surface area contributed by atoms with E-state index in [-0.39, 0.29) is 17.4 Å². The molecule has 30 heavy (non-hydrogen) atoms. The van der Waals surface area contributed by atoms with Gasteiger partial charge in [0, 0.05) is 16.4 Å². The second-order valence-corrected chi connectivity index (χ2v) is 8.86. The second kappa shape index (κ2) is 9.19. The number of benzene rings is 3. The Balaban J connectivity index is 1.59. The minimum atomic E-state index is -3.72. The Kier molecular flexibility index (Phi) is 6.64. The summed E-state index contributed by atoms with van der Waals surface area (Å²) in [6.07, 6.45) is 0. The lowest BCUT2D eigenvalue weighted by molar-refractivity contribution is -0.118. The Morgan fingerprint density at radius 3 is 2.40 bits per heavy atom. The van der Waals surface area contributed by atoms with E-state index in [1.807, 2.05) is 19.9 Å². The molecule has 0 aromatic heterocycles. The molecular formula is C22H21ClN2O4S. The number of hydrogen-bond acceptors (Lipinski definition) is 4. The van der Waals surface area contributed by atoms with Gasteiger partial charge in [-0.3, -0.25) is 9.52 Å². The fourth-order valence-corrected chi connectivity index (χ4v) is 4.02. The monoisotopic (exact) mass is 444 g/mol. The number of halogens is 1. The van der Waals surface area contributed by atoms with Gasteiger partial charge in [0.15, 0.2) is 6.61 Å². The third-order valence-electron chi connectivity index (χ3n) is 4.24. The topological polar surface area (TPSA) is 84.5 Å². The molecule has 0 saturated carbocycles. The van der Waals surface area contributed by atoms with Gasteiger partial charge in [-0.15, -0.1) is 0 Å². The first-order valence-corrected chi connectivity index (χ1v) is 11.0. The van der Waals surface area contributed by atoms with Crippen LogP contribution in [0.1, 0.15) is 11.1 Å². The number of anilines is 2. The molecule has 2 N–H and O–H groups in total. The van der Waals surface area contributed by atoms with Crippen molar-refractivity contribution in [3.8, 4) is 5.75 Å². The van der Waals surface area contributed by atoms with Gasteiger partial charge in [-0.25, -0.2) is 8.42 Å². The molecule has 0 atom stereocenters. The van der Waals surface area contributed by atoms with E-state index in [4.69, 9.17) is 16.3 Å². The summed E-state index contributed by atoms with van der Waals surface area (Å²) >= 11 is 5.91. The van der Waals surface area contributed by atoms with Crippen LogP contribution in [0.2, 0.25) is 5.02 Å². The Labute approximate surface area is 180 Å². The standard InChI is InChI=1S/C22H21ClN2O4S/c1-15-4-3-5-18(12-15)25-30(27,28)20-9-7-19(8-10-20)29-14-22(26)24-21-11-6-17(23)13-16(21)2/h3-13,25H,14H2,1-2H3,(H,24,26). The summed E-state index contributed by atoms with van der Waals surface area (Å²) in [5, 5.41) is 3.34. The summed E-state index contributed by atoms with van der Waals surface area (Å²) in [7, 11) is -3.72. The Bertz CT molecular complexity index is 1160. The van der Waals surface area contributed by atoms with Crippen molar-refractivity contribution >= 4 is 38.9 Å². The molecule has 3 aromatic rings. The molecule has 0 aliphatic carbocycles. The van der Waals surface area contributed by atoms with E-state index < -0.39 is 10.0 Å². The zero-order valence-electron chi connectivity index (χ0n) is 16.5. The zero-order valence-corrected chi connectivity index (χ0v) is 18.0. The molecule has 0 spiro atoms. The van der Waals surface area contributed by atoms with Gasteiger partial charge in [0.05, 0.1) is 4.90 Å². The molecule has 8 heteroatoms. The maximum atomic E-state index is 12.5. The third-order valence-corrected chi connectivity index (χ3v) is 5.87. The number of carbonyl (C=O) groups is 1. The van der Waals surface area contributed by atoms with E-state index in [0.29, 0.717) is 22.1 Å². The van der Waals surface area contributed by atoms with Crippen molar-refractivity contribution < 1.29 is 17.9 Å². The van der Waals surface area contributed by atoms with Crippen molar-refractivity contribution in [3.63, 3.8) is 0 Å². The van der Waals surface area contributed by atoms with Crippen molar-refractivity contribution in [1.82, 2.24) is 0 Å². The lowest BCUT2D eigenvalue weighted by Gasteiger charge is -2.11. The van der Waals surface area contributed by atoms with Crippen molar-refractivity contribution in [1.29, 1.82) is 0 Å². The molecule has 3 rings (SSSR count). The van der Waals surface area contributed by atoms with Gasteiger partial charge in [0.25, 0.3) is 15.9 Å². The summed E-state index contributed by atoms with van der Waals surface area (Å²) in [5.74, 6) is 0.0470. The Hall–Kier alpha value is -3.03. The molecule has 156 valence electrons. The zero-order chi connectivity index (χ0) is 21.7. The summed E-state index contributed by atoms with van der Waals surface area (Å²) in [6.45, 7) is 3.51. The molecule has 0 saturated heterocycles. The van der Waals surface area contributed by atoms with Crippen molar-refractivity contribution in [2.75, 3.05) is 16.6 Å². The highest BCUT2D eigenvalue weighted by atomic mass is 35.5. The summed E-state index contributed by atoms with van der Waals surface area (Å²) < 4.78 is 33.0. The van der Waals surface area contributed by atoms with Crippen LogP contribution in [0.4, 0.5) is 11.4 Å². The Morgan fingerprint density at radius 2 is 1.73 bits per heavy atom. The smallest absolute Gasteiger partial charge is 0.262 e. The maximum absolute atomic E-state index is 12.5. The molecular weight excluding hydrogens is 424 g/mol. The quantitative estimate of drug-likeness (QED) is 0.549. The van der Waals surface area contributed by atoms with Crippen LogP contribution in [0.15, 0.2) is 71.6 Å². The van der Waals surface area contributed by atoms with Gasteiger partial charge >= 0.3 is 0 Å². The van der Waals surface area contributed by atoms with Crippen LogP contribution >= 0.6 is 11.6 Å². The van der Waals surface area contributed by atoms with Crippen molar-refractivity contribution in [2.24, 2.45) is 0 Å². The number of rotatable bonds is 7. The first kappa shape index (κ1) is 21.7. The van der Waals surface area contributed by atoms with Gasteiger partial charge < -0.3 is 10.1 Å². The first-order chi connectivity index (χ1) is 14.2. The molecule has 0 unspecified atom stereocenters. The average Bonchev–Trinajstić information content (AvgIpc) is 2.68. The van der Waals surface area contributed by atoms with E-state index in [1.54, 1.807) is 36.4 Å². The van der Waals surface area contributed by atoms with Crippen LogP contribution in [0.5, 0.6) is 5.75 Å². The second-order valence-electron chi connectivity index (χ2n) is 6.74. The van der Waals surface area contributed by atoms with Crippen molar-refractivity contribution in [3.05, 3.63) is 82.9 Å². The number of hydrogen-bond donors (Lipinski definition) is 2. The lowest BCUT2D eigenvalue weighted by Crippen LogP contribution is -2.20. The largest absolute Gasteiger partial charge is 0.484 e. The summed E-state index contributed by atoms with van der Waals surface area (Å²) in [4.78, 5) is 12.2. The molecule has 0 fully saturated rings. The number of nitrogens with one attached hydrogen (secondary N) is 2. The van der Waals surface area contributed by atoms with E-state index in [9.17, 15) is 13.2 Å². The highest BCUT2D eigenvalue weighted by Gasteiger charge is 2.14. The number of ether oxygens (including phenoxy) is 1. The van der Waals surface area contributed by atoms with Gasteiger partial charge in [-0.05, 0) is 79.6 Å². The fraction of sp³-hybridized carbons (Fsp3) is 0.136. The summed E-state index contributed by atoms with van der Waals surface area (Å²) in [6, 6.07) is 18.1. The third kappa shape index (κ3) is 5.75. The molecule has 3 aromatic carbocycles. The van der Waals surface area contributed by atoms with Crippen molar-refractivity contribution in [2.45, 2.75) is 18.7 Å². The molecule has 0 aliphatic heterocycles.